The molecule has 0 N–H and O–H groups in total. The quantitative estimate of drug-likeness (QED) is 0.789. The summed E-state index contributed by atoms with van der Waals surface area (Å²) in [5.41, 5.74) is 0.655. The maximum absolute atomic E-state index is 13.5. The molecule has 7 heteroatoms. The van der Waals surface area contributed by atoms with Crippen LogP contribution in [0.25, 0.3) is 11.4 Å². The van der Waals surface area contributed by atoms with Gasteiger partial charge in [-0.15, -0.1) is 0 Å². The summed E-state index contributed by atoms with van der Waals surface area (Å²) in [6.45, 7) is 1.98. The molecule has 2 rings (SSSR count). The van der Waals surface area contributed by atoms with Gasteiger partial charge in [0.05, 0.1) is 19.3 Å². The van der Waals surface area contributed by atoms with Gasteiger partial charge in [-0.05, 0) is 25.1 Å². The summed E-state index contributed by atoms with van der Waals surface area (Å²) in [6, 6.07) is 4.09. The predicted octanol–water partition coefficient (Wildman–Crippen LogP) is 2.53. The number of benzene rings is 1. The van der Waals surface area contributed by atoms with E-state index in [1.807, 2.05) is 0 Å². The fraction of sp³-hybridized carbons (Fsp3) is 0.312. The number of nitrogens with zero attached hydrogens (tertiary/aromatic N) is 3. The summed E-state index contributed by atoms with van der Waals surface area (Å²) in [4.78, 5) is 22.2. The van der Waals surface area contributed by atoms with E-state index in [1.54, 1.807) is 25.9 Å². The lowest BCUT2D eigenvalue weighted by atomic mass is 10.1. The molecule has 0 fully saturated rings. The van der Waals surface area contributed by atoms with Crippen LogP contribution in [0.15, 0.2) is 24.4 Å². The molecule has 0 saturated carbocycles. The summed E-state index contributed by atoms with van der Waals surface area (Å²) >= 11 is 0. The molecule has 0 atom stereocenters. The number of esters is 1. The van der Waals surface area contributed by atoms with Crippen LogP contribution in [0.1, 0.15) is 17.3 Å². The Balaban J connectivity index is 2.56. The van der Waals surface area contributed by atoms with Crippen LogP contribution in [0.2, 0.25) is 0 Å². The highest BCUT2D eigenvalue weighted by atomic mass is 19.1. The van der Waals surface area contributed by atoms with E-state index >= 15 is 0 Å². The van der Waals surface area contributed by atoms with Gasteiger partial charge in [0.25, 0.3) is 0 Å². The van der Waals surface area contributed by atoms with E-state index < -0.39 is 11.8 Å². The third kappa shape index (κ3) is 3.56. The second-order valence-electron chi connectivity index (χ2n) is 4.89. The number of ether oxygens (including phenoxy) is 2. The Kier molecular flexibility index (Phi) is 5.10. The minimum absolute atomic E-state index is 0.246. The number of carbonyl (C=O) groups excluding carboxylic acids is 1. The zero-order chi connectivity index (χ0) is 17.0. The summed E-state index contributed by atoms with van der Waals surface area (Å²) in [5.74, 6) is 0.164. The third-order valence-electron chi connectivity index (χ3n) is 3.09. The monoisotopic (exact) mass is 319 g/mol. The van der Waals surface area contributed by atoms with Crippen molar-refractivity contribution in [3.8, 4) is 17.1 Å². The minimum atomic E-state index is -0.506. The molecule has 0 saturated heterocycles. The van der Waals surface area contributed by atoms with Gasteiger partial charge in [0.2, 0.25) is 0 Å². The minimum Gasteiger partial charge on any atom is -0.496 e. The first-order valence-corrected chi connectivity index (χ1v) is 7.03. The van der Waals surface area contributed by atoms with Gasteiger partial charge in [-0.2, -0.15) is 0 Å². The van der Waals surface area contributed by atoms with Crippen LogP contribution < -0.4 is 9.64 Å². The normalized spacial score (nSPS) is 10.3. The first-order valence-electron chi connectivity index (χ1n) is 7.03. The molecule has 6 nitrogen and oxygen atoms in total. The average molecular weight is 319 g/mol. The Morgan fingerprint density at radius 2 is 2.09 bits per heavy atom. The molecule has 1 aromatic carbocycles. The number of methoxy groups -OCH3 is 1. The van der Waals surface area contributed by atoms with E-state index in [1.165, 1.54) is 31.5 Å². The standard InChI is InChI=1S/C16H18FN3O3/c1-5-23-16(21)12-9-18-14(19-15(12)20(2)3)11-8-10(17)6-7-13(11)22-4/h6-9H,5H2,1-4H3. The lowest BCUT2D eigenvalue weighted by molar-refractivity contribution is 0.0526. The highest BCUT2D eigenvalue weighted by Crippen LogP contribution is 2.30. The highest BCUT2D eigenvalue weighted by molar-refractivity contribution is 5.94. The molecule has 1 heterocycles. The van der Waals surface area contributed by atoms with Crippen molar-refractivity contribution >= 4 is 11.8 Å². The van der Waals surface area contributed by atoms with E-state index in [0.717, 1.165) is 0 Å². The van der Waals surface area contributed by atoms with Gasteiger partial charge in [-0.3, -0.25) is 0 Å². The van der Waals surface area contributed by atoms with Crippen molar-refractivity contribution in [1.82, 2.24) is 9.97 Å². The molecule has 0 aliphatic rings. The average Bonchev–Trinajstić information content (AvgIpc) is 2.54. The van der Waals surface area contributed by atoms with Crippen LogP contribution in [0.3, 0.4) is 0 Å². The van der Waals surface area contributed by atoms with Crippen molar-refractivity contribution < 1.29 is 18.7 Å². The summed E-state index contributed by atoms with van der Waals surface area (Å²) in [6.07, 6.45) is 1.38. The van der Waals surface area contributed by atoms with Gasteiger partial charge in [0.15, 0.2) is 5.82 Å². The summed E-state index contributed by atoms with van der Waals surface area (Å²) < 4.78 is 23.8. The van der Waals surface area contributed by atoms with Crippen molar-refractivity contribution in [3.05, 3.63) is 35.8 Å². The first kappa shape index (κ1) is 16.7. The van der Waals surface area contributed by atoms with Gasteiger partial charge in [0.1, 0.15) is 22.9 Å². The van der Waals surface area contributed by atoms with Crippen LogP contribution in [-0.4, -0.2) is 43.7 Å². The molecule has 0 aliphatic heterocycles. The molecule has 23 heavy (non-hydrogen) atoms. The molecule has 0 unspecified atom stereocenters. The van der Waals surface area contributed by atoms with Crippen LogP contribution in [0.4, 0.5) is 10.2 Å². The second-order valence-corrected chi connectivity index (χ2v) is 4.89. The van der Waals surface area contributed by atoms with Gasteiger partial charge < -0.3 is 14.4 Å². The molecule has 2 aromatic rings. The number of aromatic nitrogens is 2. The van der Waals surface area contributed by atoms with E-state index in [9.17, 15) is 9.18 Å². The van der Waals surface area contributed by atoms with Crippen LogP contribution in [0, 0.1) is 5.82 Å². The van der Waals surface area contributed by atoms with Crippen LogP contribution >= 0.6 is 0 Å². The van der Waals surface area contributed by atoms with Gasteiger partial charge in [-0.1, -0.05) is 0 Å². The Morgan fingerprint density at radius 3 is 2.70 bits per heavy atom. The van der Waals surface area contributed by atoms with Crippen molar-refractivity contribution in [1.29, 1.82) is 0 Å². The van der Waals surface area contributed by atoms with Crippen LogP contribution in [-0.2, 0) is 4.74 Å². The second kappa shape index (κ2) is 7.04. The Bertz CT molecular complexity index is 720. The molecule has 0 aliphatic carbocycles. The molecule has 1 aromatic heterocycles. The maximum Gasteiger partial charge on any atom is 0.343 e. The largest absolute Gasteiger partial charge is 0.496 e. The number of rotatable bonds is 5. The maximum atomic E-state index is 13.5. The zero-order valence-corrected chi connectivity index (χ0v) is 13.5. The van der Waals surface area contributed by atoms with Crippen molar-refractivity contribution in [2.24, 2.45) is 0 Å². The Hall–Kier alpha value is -2.70. The van der Waals surface area contributed by atoms with E-state index in [4.69, 9.17) is 9.47 Å². The van der Waals surface area contributed by atoms with Crippen molar-refractivity contribution in [2.45, 2.75) is 6.92 Å². The SMILES string of the molecule is CCOC(=O)c1cnc(-c2cc(F)ccc2OC)nc1N(C)C. The lowest BCUT2D eigenvalue weighted by Gasteiger charge is -2.16. The third-order valence-corrected chi connectivity index (χ3v) is 3.09. The Morgan fingerprint density at radius 1 is 1.35 bits per heavy atom. The van der Waals surface area contributed by atoms with Crippen molar-refractivity contribution in [2.75, 3.05) is 32.7 Å². The van der Waals surface area contributed by atoms with E-state index in [2.05, 4.69) is 9.97 Å². The number of anilines is 1. The highest BCUT2D eigenvalue weighted by Gasteiger charge is 2.19. The zero-order valence-electron chi connectivity index (χ0n) is 13.5. The number of carbonyl (C=O) groups is 1. The molecule has 122 valence electrons. The van der Waals surface area contributed by atoms with Crippen LogP contribution in [0.5, 0.6) is 5.75 Å². The molecule has 0 amide bonds. The Labute approximate surface area is 133 Å². The van der Waals surface area contributed by atoms with Gasteiger partial charge in [0, 0.05) is 20.3 Å². The van der Waals surface area contributed by atoms with Gasteiger partial charge >= 0.3 is 5.97 Å². The molecule has 0 spiro atoms. The van der Waals surface area contributed by atoms with Gasteiger partial charge in [-0.25, -0.2) is 19.2 Å². The molecule has 0 radical (unpaired) electrons. The van der Waals surface area contributed by atoms with E-state index in [0.29, 0.717) is 17.1 Å². The topological polar surface area (TPSA) is 64.5 Å². The smallest absolute Gasteiger partial charge is 0.343 e. The number of hydrogen-bond acceptors (Lipinski definition) is 6. The molecule has 0 bridgehead atoms. The molecular formula is C16H18FN3O3. The summed E-state index contributed by atoms with van der Waals surface area (Å²) in [5, 5.41) is 0. The predicted molar refractivity (Wildman–Crippen MR) is 84.3 cm³/mol. The fourth-order valence-corrected chi connectivity index (χ4v) is 2.05. The van der Waals surface area contributed by atoms with Crippen molar-refractivity contribution in [3.63, 3.8) is 0 Å². The van der Waals surface area contributed by atoms with E-state index in [-0.39, 0.29) is 18.0 Å². The summed E-state index contributed by atoms with van der Waals surface area (Å²) in [7, 11) is 4.98. The number of halogens is 1. The first-order chi connectivity index (χ1) is 11.0. The number of hydrogen-bond donors (Lipinski definition) is 0. The molecular weight excluding hydrogens is 301 g/mol. The lowest BCUT2D eigenvalue weighted by Crippen LogP contribution is -2.18. The fourth-order valence-electron chi connectivity index (χ4n) is 2.05.